The van der Waals surface area contributed by atoms with Crippen LogP contribution in [-0.2, 0) is 4.79 Å². The number of rotatable bonds is 7. The van der Waals surface area contributed by atoms with Gasteiger partial charge in [0.2, 0.25) is 0 Å². The van der Waals surface area contributed by atoms with Crippen LogP contribution in [0, 0.1) is 6.92 Å². The number of aryl methyl sites for hydroxylation is 1. The van der Waals surface area contributed by atoms with Crippen molar-refractivity contribution < 1.29 is 14.3 Å². The van der Waals surface area contributed by atoms with E-state index in [1.807, 2.05) is 55.5 Å². The van der Waals surface area contributed by atoms with Crippen LogP contribution >= 0.6 is 0 Å². The predicted molar refractivity (Wildman–Crippen MR) is 106 cm³/mol. The number of ether oxygens (including phenoxy) is 2. The van der Waals surface area contributed by atoms with Crippen molar-refractivity contribution in [1.29, 1.82) is 0 Å². The molecule has 0 bridgehead atoms. The Morgan fingerprint density at radius 3 is 2.52 bits per heavy atom. The zero-order valence-corrected chi connectivity index (χ0v) is 15.2. The molecule has 0 spiro atoms. The molecule has 1 aromatic heterocycles. The minimum absolute atomic E-state index is 0.0626. The van der Waals surface area contributed by atoms with E-state index in [4.69, 9.17) is 9.47 Å². The van der Waals surface area contributed by atoms with Gasteiger partial charge in [-0.15, -0.1) is 0 Å². The van der Waals surface area contributed by atoms with Gasteiger partial charge in [-0.3, -0.25) is 4.79 Å². The summed E-state index contributed by atoms with van der Waals surface area (Å²) in [4.78, 5) is 16.3. The highest BCUT2D eigenvalue weighted by Gasteiger charge is 2.05. The van der Waals surface area contributed by atoms with Gasteiger partial charge in [-0.25, -0.2) is 4.98 Å². The second kappa shape index (κ2) is 8.71. The van der Waals surface area contributed by atoms with E-state index in [0.717, 1.165) is 17.0 Å². The van der Waals surface area contributed by atoms with Crippen LogP contribution in [-0.4, -0.2) is 24.6 Å². The summed E-state index contributed by atoms with van der Waals surface area (Å²) in [6.45, 7) is 1.93. The fourth-order valence-electron chi connectivity index (χ4n) is 2.37. The Bertz CT molecular complexity index is 893. The zero-order chi connectivity index (χ0) is 19.1. The summed E-state index contributed by atoms with van der Waals surface area (Å²) in [5, 5.41) is 5.94. The van der Waals surface area contributed by atoms with Crippen LogP contribution in [0.1, 0.15) is 5.56 Å². The molecule has 138 valence electrons. The maximum absolute atomic E-state index is 12.0. The maximum Gasteiger partial charge on any atom is 0.262 e. The van der Waals surface area contributed by atoms with Gasteiger partial charge < -0.3 is 20.1 Å². The van der Waals surface area contributed by atoms with Crippen molar-refractivity contribution in [1.82, 2.24) is 4.98 Å². The molecule has 0 unspecified atom stereocenters. The Hall–Kier alpha value is -3.54. The molecule has 27 heavy (non-hydrogen) atoms. The van der Waals surface area contributed by atoms with E-state index in [9.17, 15) is 4.79 Å². The van der Waals surface area contributed by atoms with E-state index >= 15 is 0 Å². The summed E-state index contributed by atoms with van der Waals surface area (Å²) in [6, 6.07) is 18.7. The third kappa shape index (κ3) is 5.47. The summed E-state index contributed by atoms with van der Waals surface area (Å²) in [6.07, 6.45) is 1.59. The lowest BCUT2D eigenvalue weighted by molar-refractivity contribution is -0.118. The summed E-state index contributed by atoms with van der Waals surface area (Å²) in [5.41, 5.74) is 2.61. The minimum atomic E-state index is -0.245. The van der Waals surface area contributed by atoms with Crippen LogP contribution in [0.4, 0.5) is 17.2 Å². The molecule has 0 saturated carbocycles. The Balaban J connectivity index is 1.52. The summed E-state index contributed by atoms with van der Waals surface area (Å²) in [5.74, 6) is 1.84. The number of carbonyl (C=O) groups is 1. The third-order valence-electron chi connectivity index (χ3n) is 3.78. The van der Waals surface area contributed by atoms with Crippen molar-refractivity contribution in [2.75, 3.05) is 24.4 Å². The summed E-state index contributed by atoms with van der Waals surface area (Å²) >= 11 is 0. The Kier molecular flexibility index (Phi) is 5.89. The normalized spacial score (nSPS) is 10.1. The fourth-order valence-corrected chi connectivity index (χ4v) is 2.37. The van der Waals surface area contributed by atoms with Crippen LogP contribution in [0.5, 0.6) is 11.5 Å². The first-order valence-corrected chi connectivity index (χ1v) is 8.49. The number of benzene rings is 2. The molecule has 6 heteroatoms. The van der Waals surface area contributed by atoms with E-state index in [1.165, 1.54) is 0 Å². The minimum Gasteiger partial charge on any atom is -0.497 e. The van der Waals surface area contributed by atoms with Crippen molar-refractivity contribution in [2.24, 2.45) is 0 Å². The molecule has 3 aromatic rings. The molecule has 2 aromatic carbocycles. The molecular weight excluding hydrogens is 342 g/mol. The second-order valence-electron chi connectivity index (χ2n) is 5.94. The first kappa shape index (κ1) is 18.3. The fraction of sp³-hybridized carbons (Fsp3) is 0.143. The molecule has 0 aliphatic heterocycles. The lowest BCUT2D eigenvalue weighted by atomic mass is 10.2. The van der Waals surface area contributed by atoms with E-state index in [0.29, 0.717) is 17.3 Å². The number of pyridine rings is 1. The Labute approximate surface area is 158 Å². The van der Waals surface area contributed by atoms with Crippen molar-refractivity contribution in [3.05, 3.63) is 72.4 Å². The number of carbonyl (C=O) groups excluding carboxylic acids is 1. The van der Waals surface area contributed by atoms with Gasteiger partial charge in [0.25, 0.3) is 5.91 Å². The smallest absolute Gasteiger partial charge is 0.262 e. The second-order valence-corrected chi connectivity index (χ2v) is 5.94. The standard InChI is InChI=1S/C21H21N3O3/c1-15-6-9-18(10-7-15)27-14-21(25)24-17-8-11-20(22-13-17)23-16-4-3-5-19(12-16)26-2/h3-13H,14H2,1-2H3,(H,22,23)(H,24,25). The van der Waals surface area contributed by atoms with Gasteiger partial charge in [0, 0.05) is 11.8 Å². The van der Waals surface area contributed by atoms with Crippen LogP contribution in [0.3, 0.4) is 0 Å². The van der Waals surface area contributed by atoms with E-state index < -0.39 is 0 Å². The number of hydrogen-bond donors (Lipinski definition) is 2. The number of anilines is 3. The largest absolute Gasteiger partial charge is 0.497 e. The van der Waals surface area contributed by atoms with Crippen molar-refractivity contribution in [3.8, 4) is 11.5 Å². The number of amides is 1. The van der Waals surface area contributed by atoms with Crippen LogP contribution < -0.4 is 20.1 Å². The van der Waals surface area contributed by atoms with E-state index in [2.05, 4.69) is 15.6 Å². The maximum atomic E-state index is 12.0. The average molecular weight is 363 g/mol. The van der Waals surface area contributed by atoms with Crippen molar-refractivity contribution >= 4 is 23.1 Å². The first-order chi connectivity index (χ1) is 13.1. The quantitative estimate of drug-likeness (QED) is 0.659. The molecule has 0 aliphatic rings. The van der Waals surface area contributed by atoms with Gasteiger partial charge in [-0.05, 0) is 43.3 Å². The molecule has 0 fully saturated rings. The van der Waals surface area contributed by atoms with Gasteiger partial charge in [0.15, 0.2) is 6.61 Å². The first-order valence-electron chi connectivity index (χ1n) is 8.49. The van der Waals surface area contributed by atoms with Crippen LogP contribution in [0.2, 0.25) is 0 Å². The predicted octanol–water partition coefficient (Wildman–Crippen LogP) is 4.16. The molecule has 1 heterocycles. The number of hydrogen-bond acceptors (Lipinski definition) is 5. The molecule has 0 aliphatic carbocycles. The molecule has 0 saturated heterocycles. The molecule has 3 rings (SSSR count). The van der Waals surface area contributed by atoms with Gasteiger partial charge in [0.05, 0.1) is 19.0 Å². The van der Waals surface area contributed by atoms with Crippen molar-refractivity contribution in [2.45, 2.75) is 6.92 Å². The molecule has 6 nitrogen and oxygen atoms in total. The number of aromatic nitrogens is 1. The lowest BCUT2D eigenvalue weighted by Crippen LogP contribution is -2.20. The Morgan fingerprint density at radius 1 is 1.00 bits per heavy atom. The van der Waals surface area contributed by atoms with Gasteiger partial charge in [-0.1, -0.05) is 23.8 Å². The SMILES string of the molecule is COc1cccc(Nc2ccc(NC(=O)COc3ccc(C)cc3)cn2)c1. The number of nitrogens with one attached hydrogen (secondary N) is 2. The monoisotopic (exact) mass is 363 g/mol. The third-order valence-corrected chi connectivity index (χ3v) is 3.78. The van der Waals surface area contributed by atoms with Gasteiger partial charge in [0.1, 0.15) is 17.3 Å². The summed E-state index contributed by atoms with van der Waals surface area (Å²) < 4.78 is 10.7. The lowest BCUT2D eigenvalue weighted by Gasteiger charge is -2.09. The number of methoxy groups -OCH3 is 1. The molecule has 1 amide bonds. The molecule has 0 radical (unpaired) electrons. The van der Waals surface area contributed by atoms with Gasteiger partial charge >= 0.3 is 0 Å². The molecule has 2 N–H and O–H groups in total. The van der Waals surface area contributed by atoms with E-state index in [1.54, 1.807) is 25.4 Å². The molecular formula is C21H21N3O3. The average Bonchev–Trinajstić information content (AvgIpc) is 2.69. The van der Waals surface area contributed by atoms with E-state index in [-0.39, 0.29) is 12.5 Å². The Morgan fingerprint density at radius 2 is 1.81 bits per heavy atom. The topological polar surface area (TPSA) is 72.5 Å². The highest BCUT2D eigenvalue weighted by atomic mass is 16.5. The zero-order valence-electron chi connectivity index (χ0n) is 15.2. The van der Waals surface area contributed by atoms with Gasteiger partial charge in [-0.2, -0.15) is 0 Å². The highest BCUT2D eigenvalue weighted by Crippen LogP contribution is 2.21. The molecule has 0 atom stereocenters. The highest BCUT2D eigenvalue weighted by molar-refractivity contribution is 5.91. The summed E-state index contributed by atoms with van der Waals surface area (Å²) in [7, 11) is 1.62. The number of nitrogens with zero attached hydrogens (tertiary/aromatic N) is 1. The van der Waals surface area contributed by atoms with Crippen molar-refractivity contribution in [3.63, 3.8) is 0 Å². The van der Waals surface area contributed by atoms with Crippen LogP contribution in [0.15, 0.2) is 66.9 Å². The van der Waals surface area contributed by atoms with Crippen LogP contribution in [0.25, 0.3) is 0 Å².